The number of hydrogen-bond acceptors (Lipinski definition) is 1. The minimum absolute atomic E-state index is 0.423. The summed E-state index contributed by atoms with van der Waals surface area (Å²) in [6.07, 6.45) is 24.6. The molecule has 0 bridgehead atoms. The molecule has 1 aliphatic rings. The highest BCUT2D eigenvalue weighted by atomic mass is 16.6. The van der Waals surface area contributed by atoms with Crippen molar-refractivity contribution in [1.29, 1.82) is 0 Å². The second-order valence-electron chi connectivity index (χ2n) is 5.97. The molecule has 1 rings (SSSR count). The van der Waals surface area contributed by atoms with E-state index >= 15 is 0 Å². The van der Waals surface area contributed by atoms with Gasteiger partial charge in [0, 0.05) is 0 Å². The summed E-state index contributed by atoms with van der Waals surface area (Å²) in [6, 6.07) is 0. The van der Waals surface area contributed by atoms with E-state index in [2.05, 4.69) is 38.2 Å². The van der Waals surface area contributed by atoms with Crippen LogP contribution in [0.15, 0.2) is 24.3 Å². The highest BCUT2D eigenvalue weighted by Gasteiger charge is 2.34. The Hall–Kier alpha value is -0.560. The number of ether oxygens (including phenoxy) is 1. The van der Waals surface area contributed by atoms with E-state index in [1.165, 1.54) is 64.2 Å². The fourth-order valence-corrected chi connectivity index (χ4v) is 2.57. The summed E-state index contributed by atoms with van der Waals surface area (Å²) in [7, 11) is 0. The first-order valence-corrected chi connectivity index (χ1v) is 8.85. The van der Waals surface area contributed by atoms with E-state index in [-0.39, 0.29) is 0 Å². The van der Waals surface area contributed by atoms with Crippen LogP contribution in [0.1, 0.15) is 84.5 Å². The van der Waals surface area contributed by atoms with Gasteiger partial charge < -0.3 is 4.74 Å². The van der Waals surface area contributed by atoms with E-state index in [1.54, 1.807) is 0 Å². The number of hydrogen-bond donors (Lipinski definition) is 0. The third-order valence-electron chi connectivity index (χ3n) is 3.93. The second-order valence-corrected chi connectivity index (χ2v) is 5.97. The molecule has 0 saturated carbocycles. The van der Waals surface area contributed by atoms with E-state index in [4.69, 9.17) is 4.74 Å². The van der Waals surface area contributed by atoms with E-state index in [1.807, 2.05) is 0 Å². The Bertz CT molecular complexity index is 267. The fourth-order valence-electron chi connectivity index (χ4n) is 2.57. The highest BCUT2D eigenvalue weighted by molar-refractivity contribution is 5.04. The quantitative estimate of drug-likeness (QED) is 0.222. The van der Waals surface area contributed by atoms with Crippen molar-refractivity contribution >= 4 is 0 Å². The summed E-state index contributed by atoms with van der Waals surface area (Å²) in [5, 5.41) is 0. The van der Waals surface area contributed by atoms with Crippen molar-refractivity contribution in [2.24, 2.45) is 0 Å². The standard InChI is InChI=1S/C19H34O/c1-3-5-6-7-8-9-10-11-12-13-14-15-17-19-18(20-19)16-4-2/h12-13,15,17-19H,3-11,14,16H2,1-2H3/b13-12-,17-15-/t18-,19-/m1/s1. The lowest BCUT2D eigenvalue weighted by Gasteiger charge is -1.98. The Kier molecular flexibility index (Phi) is 10.7. The predicted molar refractivity (Wildman–Crippen MR) is 89.1 cm³/mol. The molecule has 0 aliphatic carbocycles. The fraction of sp³-hybridized carbons (Fsp3) is 0.789. The van der Waals surface area contributed by atoms with Gasteiger partial charge in [0.15, 0.2) is 0 Å². The van der Waals surface area contributed by atoms with Crippen LogP contribution in [0.5, 0.6) is 0 Å². The SMILES string of the molecule is CCCCCCCCC/C=C\C/C=C\[C@H]1O[C@@H]1CCC. The Balaban J connectivity index is 1.82. The first kappa shape index (κ1) is 17.5. The lowest BCUT2D eigenvalue weighted by molar-refractivity contribution is 0.378. The maximum absolute atomic E-state index is 5.55. The van der Waals surface area contributed by atoms with Gasteiger partial charge >= 0.3 is 0 Å². The first-order chi connectivity index (χ1) is 9.88. The van der Waals surface area contributed by atoms with Gasteiger partial charge in [-0.25, -0.2) is 0 Å². The zero-order valence-electron chi connectivity index (χ0n) is 13.7. The summed E-state index contributed by atoms with van der Waals surface area (Å²) in [4.78, 5) is 0. The third-order valence-corrected chi connectivity index (χ3v) is 3.93. The van der Waals surface area contributed by atoms with Crippen LogP contribution >= 0.6 is 0 Å². The van der Waals surface area contributed by atoms with E-state index in [9.17, 15) is 0 Å². The zero-order valence-corrected chi connectivity index (χ0v) is 13.7. The van der Waals surface area contributed by atoms with Crippen LogP contribution in [-0.2, 0) is 4.74 Å². The highest BCUT2D eigenvalue weighted by Crippen LogP contribution is 2.27. The molecular formula is C19H34O. The van der Waals surface area contributed by atoms with E-state index in [0.29, 0.717) is 12.2 Å². The minimum atomic E-state index is 0.423. The van der Waals surface area contributed by atoms with Crippen LogP contribution in [0.4, 0.5) is 0 Å². The van der Waals surface area contributed by atoms with Crippen LogP contribution in [0, 0.1) is 0 Å². The predicted octanol–water partition coefficient (Wildman–Crippen LogP) is 6.20. The Labute approximate surface area is 126 Å². The molecule has 0 amide bonds. The van der Waals surface area contributed by atoms with Crippen molar-refractivity contribution in [3.8, 4) is 0 Å². The van der Waals surface area contributed by atoms with Crippen LogP contribution < -0.4 is 0 Å². The van der Waals surface area contributed by atoms with E-state index in [0.717, 1.165) is 6.42 Å². The maximum atomic E-state index is 5.55. The molecule has 1 fully saturated rings. The zero-order chi connectivity index (χ0) is 14.5. The topological polar surface area (TPSA) is 12.5 Å². The van der Waals surface area contributed by atoms with Gasteiger partial charge in [0.05, 0.1) is 6.10 Å². The molecule has 0 N–H and O–H groups in total. The van der Waals surface area contributed by atoms with Gasteiger partial charge in [-0.3, -0.25) is 0 Å². The van der Waals surface area contributed by atoms with Gasteiger partial charge in [0.25, 0.3) is 0 Å². The smallest absolute Gasteiger partial charge is 0.102 e. The monoisotopic (exact) mass is 278 g/mol. The third kappa shape index (κ3) is 9.36. The summed E-state index contributed by atoms with van der Waals surface area (Å²) >= 11 is 0. The number of epoxide rings is 1. The largest absolute Gasteiger partial charge is 0.365 e. The van der Waals surface area contributed by atoms with Crippen LogP contribution in [-0.4, -0.2) is 12.2 Å². The van der Waals surface area contributed by atoms with E-state index < -0.39 is 0 Å². The molecule has 0 aromatic rings. The normalized spacial score (nSPS) is 22.1. The molecule has 0 aromatic carbocycles. The van der Waals surface area contributed by atoms with Crippen molar-refractivity contribution in [3.63, 3.8) is 0 Å². The van der Waals surface area contributed by atoms with Crippen LogP contribution in [0.3, 0.4) is 0 Å². The Morgan fingerprint density at radius 3 is 2.30 bits per heavy atom. The molecule has 1 saturated heterocycles. The molecule has 2 atom stereocenters. The minimum Gasteiger partial charge on any atom is -0.365 e. The molecule has 0 spiro atoms. The average Bonchev–Trinajstić information content (AvgIpc) is 3.19. The summed E-state index contributed by atoms with van der Waals surface area (Å²) < 4.78 is 5.55. The molecule has 1 aliphatic heterocycles. The molecule has 0 unspecified atom stereocenters. The summed E-state index contributed by atoms with van der Waals surface area (Å²) in [5.41, 5.74) is 0. The molecule has 0 radical (unpaired) electrons. The lowest BCUT2D eigenvalue weighted by atomic mass is 10.1. The van der Waals surface area contributed by atoms with Gasteiger partial charge in [-0.1, -0.05) is 83.1 Å². The number of rotatable bonds is 13. The van der Waals surface area contributed by atoms with Crippen molar-refractivity contribution < 1.29 is 4.74 Å². The van der Waals surface area contributed by atoms with Crippen LogP contribution in [0.25, 0.3) is 0 Å². The van der Waals surface area contributed by atoms with Crippen molar-refractivity contribution in [1.82, 2.24) is 0 Å². The number of allylic oxidation sites excluding steroid dienone is 3. The van der Waals surface area contributed by atoms with Crippen molar-refractivity contribution in [2.75, 3.05) is 0 Å². The molecule has 1 heterocycles. The van der Waals surface area contributed by atoms with Gasteiger partial charge in [-0.05, 0) is 25.7 Å². The molecular weight excluding hydrogens is 244 g/mol. The molecule has 20 heavy (non-hydrogen) atoms. The van der Waals surface area contributed by atoms with Crippen molar-refractivity contribution in [3.05, 3.63) is 24.3 Å². The maximum Gasteiger partial charge on any atom is 0.102 e. The molecule has 0 aromatic heterocycles. The molecule has 1 nitrogen and oxygen atoms in total. The Morgan fingerprint density at radius 1 is 0.800 bits per heavy atom. The summed E-state index contributed by atoms with van der Waals surface area (Å²) in [5.74, 6) is 0. The molecule has 116 valence electrons. The number of unbranched alkanes of at least 4 members (excludes halogenated alkanes) is 7. The van der Waals surface area contributed by atoms with Gasteiger partial charge in [-0.2, -0.15) is 0 Å². The van der Waals surface area contributed by atoms with Crippen LogP contribution in [0.2, 0.25) is 0 Å². The lowest BCUT2D eigenvalue weighted by Crippen LogP contribution is -1.88. The average molecular weight is 278 g/mol. The van der Waals surface area contributed by atoms with Gasteiger partial charge in [0.1, 0.15) is 6.10 Å². The first-order valence-electron chi connectivity index (χ1n) is 8.85. The molecule has 1 heteroatoms. The van der Waals surface area contributed by atoms with Gasteiger partial charge in [0.2, 0.25) is 0 Å². The Morgan fingerprint density at radius 2 is 1.55 bits per heavy atom. The van der Waals surface area contributed by atoms with Gasteiger partial charge in [-0.15, -0.1) is 0 Å². The van der Waals surface area contributed by atoms with Crippen molar-refractivity contribution in [2.45, 2.75) is 96.7 Å². The second kappa shape index (κ2) is 12.2. The summed E-state index contributed by atoms with van der Waals surface area (Å²) in [6.45, 7) is 4.49.